The molecule has 4 atom stereocenters. The molecule has 0 aromatic carbocycles. The van der Waals surface area contributed by atoms with Crippen LogP contribution in [0, 0.1) is 0 Å². The third kappa shape index (κ3) is 2.94. The molecule has 18 heavy (non-hydrogen) atoms. The number of carbonyl (C=O) groups excluding carboxylic acids is 1. The van der Waals surface area contributed by atoms with Crippen LogP contribution in [-0.2, 0) is 14.9 Å². The zero-order valence-electron chi connectivity index (χ0n) is 8.73. The summed E-state index contributed by atoms with van der Waals surface area (Å²) in [7, 11) is -5.51. The highest BCUT2D eigenvalue weighted by Crippen LogP contribution is 2.26. The predicted octanol–water partition coefficient (Wildman–Crippen LogP) is -2.85. The van der Waals surface area contributed by atoms with Gasteiger partial charge in [0.1, 0.15) is 24.5 Å². The van der Waals surface area contributed by atoms with Gasteiger partial charge in [-0.1, -0.05) is 5.11 Å². The number of nitrogens with zero attached hydrogens (tertiary/aromatic N) is 3. The van der Waals surface area contributed by atoms with Crippen molar-refractivity contribution >= 4 is 16.4 Å². The fourth-order valence-corrected chi connectivity index (χ4v) is 1.99. The first-order chi connectivity index (χ1) is 8.16. The molecule has 0 saturated carbocycles. The van der Waals surface area contributed by atoms with E-state index in [1.54, 1.807) is 0 Å². The molecule has 0 aromatic rings. The van der Waals surface area contributed by atoms with Crippen molar-refractivity contribution in [1.82, 2.24) is 0 Å². The van der Waals surface area contributed by atoms with Gasteiger partial charge < -0.3 is 25.2 Å². The summed E-state index contributed by atoms with van der Waals surface area (Å²) < 4.78 is 30.8. The topological polar surface area (TPSA) is 201 Å². The molecule has 11 nitrogen and oxygen atoms in total. The minimum absolute atomic E-state index is 0.346. The Labute approximate surface area is 101 Å². The van der Waals surface area contributed by atoms with Crippen molar-refractivity contribution in [3.8, 4) is 0 Å². The predicted molar refractivity (Wildman–Crippen MR) is 54.6 cm³/mol. The second-order valence-electron chi connectivity index (χ2n) is 3.21. The Balaban J connectivity index is 5.87. The third-order valence-corrected chi connectivity index (χ3v) is 3.43. The van der Waals surface area contributed by atoms with Crippen molar-refractivity contribution in [2.75, 3.05) is 6.61 Å². The van der Waals surface area contributed by atoms with Crippen molar-refractivity contribution in [2.24, 2.45) is 5.11 Å². The van der Waals surface area contributed by atoms with Crippen molar-refractivity contribution in [3.63, 3.8) is 0 Å². The monoisotopic (exact) mass is 285 g/mol. The standard InChI is InChI=1S/C6H11N3O8S/c7-9-8-4(2-11)6(14,18(15,16)17)5(13)3(12)1-10/h2-5,10,12-14H,1H2,(H,15,16,17)/t3-,4-,5-,6+/m1/s1. The van der Waals surface area contributed by atoms with Gasteiger partial charge in [0.25, 0.3) is 10.1 Å². The van der Waals surface area contributed by atoms with E-state index in [4.69, 9.17) is 20.3 Å². The van der Waals surface area contributed by atoms with Crippen molar-refractivity contribution in [3.05, 3.63) is 10.4 Å². The number of carbonyl (C=O) groups is 1. The lowest BCUT2D eigenvalue weighted by Gasteiger charge is -2.33. The lowest BCUT2D eigenvalue weighted by molar-refractivity contribution is -0.126. The van der Waals surface area contributed by atoms with Gasteiger partial charge >= 0.3 is 0 Å². The lowest BCUT2D eigenvalue weighted by atomic mass is 10.0. The smallest absolute Gasteiger partial charge is 0.298 e. The number of hydrogen-bond acceptors (Lipinski definition) is 8. The van der Waals surface area contributed by atoms with E-state index >= 15 is 0 Å². The molecule has 0 aliphatic rings. The van der Waals surface area contributed by atoms with Crippen LogP contribution in [0.4, 0.5) is 0 Å². The summed E-state index contributed by atoms with van der Waals surface area (Å²) >= 11 is 0. The van der Waals surface area contributed by atoms with E-state index < -0.39 is 39.9 Å². The molecular formula is C6H11N3O8S. The summed E-state index contributed by atoms with van der Waals surface area (Å²) in [5, 5.41) is 39.2. The fourth-order valence-electron chi connectivity index (χ4n) is 1.12. The summed E-state index contributed by atoms with van der Waals surface area (Å²) in [6.07, 6.45) is -5.23. The van der Waals surface area contributed by atoms with Crippen LogP contribution >= 0.6 is 0 Å². The number of hydrogen-bond donors (Lipinski definition) is 5. The molecule has 0 aromatic heterocycles. The van der Waals surface area contributed by atoms with Gasteiger partial charge in [0, 0.05) is 4.91 Å². The van der Waals surface area contributed by atoms with Crippen LogP contribution in [0.3, 0.4) is 0 Å². The number of aliphatic hydroxyl groups excluding tert-OH is 3. The van der Waals surface area contributed by atoms with Crippen molar-refractivity contribution in [1.29, 1.82) is 0 Å². The van der Waals surface area contributed by atoms with E-state index in [0.717, 1.165) is 0 Å². The largest absolute Gasteiger partial charge is 0.394 e. The molecule has 5 N–H and O–H groups in total. The SMILES string of the molecule is [N-]=[N+]=N[C@H](C=O)[C@@](O)([C@H](O)[C@H](O)CO)S(=O)(=O)O. The Bertz CT molecular complexity index is 446. The summed E-state index contributed by atoms with van der Waals surface area (Å²) in [4.78, 5) is 8.93. The first-order valence-electron chi connectivity index (χ1n) is 4.32. The van der Waals surface area contributed by atoms with Gasteiger partial charge in [-0.2, -0.15) is 8.42 Å². The van der Waals surface area contributed by atoms with Crippen LogP contribution in [0.15, 0.2) is 5.11 Å². The first-order valence-corrected chi connectivity index (χ1v) is 5.76. The fraction of sp³-hybridized carbons (Fsp3) is 0.833. The number of aldehydes is 1. The zero-order valence-corrected chi connectivity index (χ0v) is 9.54. The van der Waals surface area contributed by atoms with Crippen LogP contribution in [0.25, 0.3) is 10.4 Å². The highest BCUT2D eigenvalue weighted by atomic mass is 32.2. The summed E-state index contributed by atoms with van der Waals surface area (Å²) in [6, 6.07) is -2.42. The first kappa shape index (κ1) is 16.7. The molecule has 0 bridgehead atoms. The third-order valence-electron chi connectivity index (χ3n) is 2.12. The molecule has 0 amide bonds. The van der Waals surface area contributed by atoms with Crippen LogP contribution < -0.4 is 0 Å². The maximum atomic E-state index is 11.0. The highest BCUT2D eigenvalue weighted by molar-refractivity contribution is 7.87. The van der Waals surface area contributed by atoms with Crippen molar-refractivity contribution in [2.45, 2.75) is 23.2 Å². The average molecular weight is 285 g/mol. The maximum absolute atomic E-state index is 11.0. The van der Waals surface area contributed by atoms with Crippen molar-refractivity contribution < 1.29 is 38.2 Å². The van der Waals surface area contributed by atoms with Gasteiger partial charge in [-0.25, -0.2) is 0 Å². The van der Waals surface area contributed by atoms with Crippen LogP contribution in [0.1, 0.15) is 0 Å². The van der Waals surface area contributed by atoms with E-state index in [2.05, 4.69) is 10.0 Å². The summed E-state index contributed by atoms with van der Waals surface area (Å²) in [5.41, 5.74) is 8.09. The minimum atomic E-state index is -5.51. The van der Waals surface area contributed by atoms with Crippen LogP contribution in [0.2, 0.25) is 0 Å². The minimum Gasteiger partial charge on any atom is -0.394 e. The van der Waals surface area contributed by atoms with Gasteiger partial charge in [-0.3, -0.25) is 4.55 Å². The Hall–Kier alpha value is -1.27. The van der Waals surface area contributed by atoms with E-state index in [1.807, 2.05) is 0 Å². The average Bonchev–Trinajstić information content (AvgIpc) is 2.31. The molecule has 12 heteroatoms. The van der Waals surface area contributed by atoms with Crippen LogP contribution in [0.5, 0.6) is 0 Å². The molecule has 0 rings (SSSR count). The highest BCUT2D eigenvalue weighted by Gasteiger charge is 2.56. The number of azide groups is 1. The van der Waals surface area contributed by atoms with Gasteiger partial charge in [0.2, 0.25) is 4.93 Å². The normalized spacial score (nSPS) is 20.1. The number of rotatable bonds is 7. The molecule has 0 aliphatic heterocycles. The van der Waals surface area contributed by atoms with Gasteiger partial charge in [-0.05, 0) is 5.53 Å². The van der Waals surface area contributed by atoms with E-state index in [-0.39, 0.29) is 6.29 Å². The molecule has 0 heterocycles. The molecule has 0 saturated heterocycles. The second kappa shape index (κ2) is 6.06. The van der Waals surface area contributed by atoms with Gasteiger partial charge in [0.05, 0.1) is 6.61 Å². The zero-order chi connectivity index (χ0) is 14.6. The Kier molecular flexibility index (Phi) is 5.63. The van der Waals surface area contributed by atoms with Gasteiger partial charge in [-0.15, -0.1) is 0 Å². The summed E-state index contributed by atoms with van der Waals surface area (Å²) in [5.74, 6) is 0. The van der Waals surface area contributed by atoms with E-state index in [9.17, 15) is 23.4 Å². The van der Waals surface area contributed by atoms with Crippen LogP contribution in [-0.4, -0.2) is 69.5 Å². The lowest BCUT2D eigenvalue weighted by Crippen LogP contribution is -2.61. The molecule has 0 fully saturated rings. The molecule has 0 radical (unpaired) electrons. The Morgan fingerprint density at radius 1 is 1.44 bits per heavy atom. The molecule has 104 valence electrons. The molecule has 0 spiro atoms. The molecular weight excluding hydrogens is 274 g/mol. The molecule has 0 unspecified atom stereocenters. The van der Waals surface area contributed by atoms with Gasteiger partial charge in [0.15, 0.2) is 0 Å². The second-order valence-corrected chi connectivity index (χ2v) is 4.81. The number of aliphatic hydroxyl groups is 4. The Morgan fingerprint density at radius 2 is 1.94 bits per heavy atom. The Morgan fingerprint density at radius 3 is 2.22 bits per heavy atom. The summed E-state index contributed by atoms with van der Waals surface area (Å²) in [6.45, 7) is -1.18. The van der Waals surface area contributed by atoms with E-state index in [1.165, 1.54) is 0 Å². The van der Waals surface area contributed by atoms with E-state index in [0.29, 0.717) is 0 Å². The maximum Gasteiger partial charge on any atom is 0.298 e. The quantitative estimate of drug-likeness (QED) is 0.108. The molecule has 0 aliphatic carbocycles.